The van der Waals surface area contributed by atoms with Gasteiger partial charge < -0.3 is 4.74 Å². The number of hydrogen-bond acceptors (Lipinski definition) is 3. The molecule has 1 amide bonds. The zero-order valence-electron chi connectivity index (χ0n) is 14.5. The van der Waals surface area contributed by atoms with Crippen molar-refractivity contribution in [3.05, 3.63) is 65.7 Å². The number of nitrogens with zero attached hydrogens (tertiary/aromatic N) is 1. The smallest absolute Gasteiger partial charge is 0.414 e. The van der Waals surface area contributed by atoms with E-state index in [4.69, 9.17) is 4.74 Å². The van der Waals surface area contributed by atoms with E-state index in [0.29, 0.717) is 17.7 Å². The van der Waals surface area contributed by atoms with Crippen LogP contribution in [0.2, 0.25) is 0 Å². The molecule has 0 saturated carbocycles. The maximum absolute atomic E-state index is 12.8. The predicted octanol–water partition coefficient (Wildman–Crippen LogP) is 4.98. The minimum atomic E-state index is -0.384. The first-order chi connectivity index (χ1) is 12.2. The van der Waals surface area contributed by atoms with E-state index in [1.807, 2.05) is 48.5 Å². The van der Waals surface area contributed by atoms with Crippen LogP contribution in [-0.4, -0.2) is 17.9 Å². The summed E-state index contributed by atoms with van der Waals surface area (Å²) in [6.45, 7) is 2.34. The molecule has 0 aromatic heterocycles. The van der Waals surface area contributed by atoms with Gasteiger partial charge in [0, 0.05) is 18.0 Å². The molecule has 1 atom stereocenters. The summed E-state index contributed by atoms with van der Waals surface area (Å²) in [6, 6.07) is 16.8. The van der Waals surface area contributed by atoms with Gasteiger partial charge in [0.2, 0.25) is 0 Å². The number of carbonyl (C=O) groups is 2. The molecule has 25 heavy (non-hydrogen) atoms. The van der Waals surface area contributed by atoms with Crippen molar-refractivity contribution in [2.24, 2.45) is 0 Å². The van der Waals surface area contributed by atoms with Crippen LogP contribution in [0.15, 0.2) is 54.6 Å². The van der Waals surface area contributed by atoms with Crippen molar-refractivity contribution in [1.82, 2.24) is 0 Å². The van der Waals surface area contributed by atoms with Crippen LogP contribution < -0.4 is 4.90 Å². The topological polar surface area (TPSA) is 46.6 Å². The van der Waals surface area contributed by atoms with Crippen LogP contribution in [0, 0.1) is 0 Å². The lowest BCUT2D eigenvalue weighted by atomic mass is 9.92. The molecule has 0 N–H and O–H groups in total. The van der Waals surface area contributed by atoms with E-state index >= 15 is 0 Å². The van der Waals surface area contributed by atoms with Gasteiger partial charge in [-0.25, -0.2) is 4.79 Å². The molecule has 0 bridgehead atoms. The first-order valence-electron chi connectivity index (χ1n) is 8.83. The Labute approximate surface area is 148 Å². The average Bonchev–Trinajstić information content (AvgIpc) is 2.65. The zero-order chi connectivity index (χ0) is 17.6. The molecule has 4 nitrogen and oxygen atoms in total. The molecule has 0 fully saturated rings. The summed E-state index contributed by atoms with van der Waals surface area (Å²) in [7, 11) is 0. The Morgan fingerprint density at radius 1 is 1.12 bits per heavy atom. The van der Waals surface area contributed by atoms with Crippen molar-refractivity contribution in [3.63, 3.8) is 0 Å². The summed E-state index contributed by atoms with van der Waals surface area (Å²) in [5, 5.41) is 0. The van der Waals surface area contributed by atoms with Crippen molar-refractivity contribution in [2.45, 2.75) is 45.3 Å². The summed E-state index contributed by atoms with van der Waals surface area (Å²) in [4.78, 5) is 26.9. The SMILES string of the molecule is CCCCC1CC(=O)c2ccccc2N1C(=O)OCc1ccccc1. The number of Topliss-reactive ketones (excluding diaryl/α,β-unsaturated/α-hetero) is 1. The van der Waals surface area contributed by atoms with Crippen molar-refractivity contribution >= 4 is 17.6 Å². The molecule has 3 rings (SSSR count). The highest BCUT2D eigenvalue weighted by molar-refractivity contribution is 6.08. The quantitative estimate of drug-likeness (QED) is 0.773. The maximum atomic E-state index is 12.8. The average molecular weight is 337 g/mol. The first-order valence-corrected chi connectivity index (χ1v) is 8.83. The first kappa shape index (κ1) is 17.2. The Morgan fingerprint density at radius 3 is 2.60 bits per heavy atom. The summed E-state index contributed by atoms with van der Waals surface area (Å²) >= 11 is 0. The Balaban J connectivity index is 1.82. The highest BCUT2D eigenvalue weighted by Crippen LogP contribution is 2.33. The van der Waals surface area contributed by atoms with Crippen molar-refractivity contribution < 1.29 is 14.3 Å². The standard InChI is InChI=1S/C21H23NO3/c1-2-3-11-17-14-20(23)18-12-7-8-13-19(18)22(17)21(24)25-15-16-9-5-4-6-10-16/h4-10,12-13,17H,2-3,11,14-15H2,1H3. The summed E-state index contributed by atoms with van der Waals surface area (Å²) in [5.74, 6) is 0.101. The van der Waals surface area contributed by atoms with Gasteiger partial charge in [0.1, 0.15) is 6.61 Å². The number of unbranched alkanes of at least 4 members (excludes halogenated alkanes) is 1. The fourth-order valence-corrected chi connectivity index (χ4v) is 3.24. The molecule has 1 unspecified atom stereocenters. The fraction of sp³-hybridized carbons (Fsp3) is 0.333. The van der Waals surface area contributed by atoms with Gasteiger partial charge in [-0.3, -0.25) is 9.69 Å². The van der Waals surface area contributed by atoms with Crippen molar-refractivity contribution in [3.8, 4) is 0 Å². The number of anilines is 1. The van der Waals surface area contributed by atoms with Crippen LogP contribution in [-0.2, 0) is 11.3 Å². The lowest BCUT2D eigenvalue weighted by Crippen LogP contribution is -2.45. The molecular weight excluding hydrogens is 314 g/mol. The highest BCUT2D eigenvalue weighted by Gasteiger charge is 2.35. The van der Waals surface area contributed by atoms with E-state index in [-0.39, 0.29) is 24.5 Å². The summed E-state index contributed by atoms with van der Waals surface area (Å²) in [5.41, 5.74) is 2.21. The minimum absolute atomic E-state index is 0.101. The number of benzene rings is 2. The second kappa shape index (κ2) is 7.97. The van der Waals surface area contributed by atoms with Crippen LogP contribution in [0.1, 0.15) is 48.5 Å². The molecular formula is C21H23NO3. The summed E-state index contributed by atoms with van der Waals surface area (Å²) < 4.78 is 5.55. The van der Waals surface area contributed by atoms with E-state index in [2.05, 4.69) is 6.92 Å². The van der Waals surface area contributed by atoms with E-state index in [1.54, 1.807) is 11.0 Å². The van der Waals surface area contributed by atoms with Gasteiger partial charge in [-0.15, -0.1) is 0 Å². The van der Waals surface area contributed by atoms with Crippen LogP contribution in [0.4, 0.5) is 10.5 Å². The molecule has 2 aromatic rings. The molecule has 130 valence electrons. The number of carbonyl (C=O) groups excluding carboxylic acids is 2. The Hall–Kier alpha value is -2.62. The molecule has 2 aromatic carbocycles. The predicted molar refractivity (Wildman–Crippen MR) is 97.8 cm³/mol. The molecule has 1 heterocycles. The third-order valence-electron chi connectivity index (χ3n) is 4.54. The number of ketones is 1. The van der Waals surface area contributed by atoms with Gasteiger partial charge in [0.25, 0.3) is 0 Å². The molecule has 4 heteroatoms. The molecule has 0 aliphatic carbocycles. The van der Waals surface area contributed by atoms with Gasteiger partial charge in [-0.2, -0.15) is 0 Å². The molecule has 1 aliphatic rings. The maximum Gasteiger partial charge on any atom is 0.414 e. The van der Waals surface area contributed by atoms with Crippen LogP contribution in [0.5, 0.6) is 0 Å². The number of amides is 1. The lowest BCUT2D eigenvalue weighted by Gasteiger charge is -2.35. The van der Waals surface area contributed by atoms with E-state index in [0.717, 1.165) is 24.8 Å². The molecule has 0 spiro atoms. The lowest BCUT2D eigenvalue weighted by molar-refractivity contribution is 0.0959. The van der Waals surface area contributed by atoms with Gasteiger partial charge in [0.05, 0.1) is 5.69 Å². The molecule has 1 aliphatic heterocycles. The second-order valence-electron chi connectivity index (χ2n) is 6.35. The van der Waals surface area contributed by atoms with Crippen LogP contribution in [0.25, 0.3) is 0 Å². The van der Waals surface area contributed by atoms with Gasteiger partial charge in [0.15, 0.2) is 5.78 Å². The Kier molecular flexibility index (Phi) is 5.49. The van der Waals surface area contributed by atoms with Crippen LogP contribution >= 0.6 is 0 Å². The number of fused-ring (bicyclic) bond motifs is 1. The van der Waals surface area contributed by atoms with Crippen molar-refractivity contribution in [2.75, 3.05) is 4.90 Å². The molecule has 0 saturated heterocycles. The Morgan fingerprint density at radius 2 is 1.84 bits per heavy atom. The summed E-state index contributed by atoms with van der Waals surface area (Å²) in [6.07, 6.45) is 2.78. The number of para-hydroxylation sites is 1. The normalized spacial score (nSPS) is 16.4. The van der Waals surface area contributed by atoms with Gasteiger partial charge >= 0.3 is 6.09 Å². The van der Waals surface area contributed by atoms with Gasteiger partial charge in [-0.05, 0) is 24.1 Å². The monoisotopic (exact) mass is 337 g/mol. The largest absolute Gasteiger partial charge is 0.444 e. The molecule has 0 radical (unpaired) electrons. The van der Waals surface area contributed by atoms with Crippen LogP contribution in [0.3, 0.4) is 0 Å². The zero-order valence-corrected chi connectivity index (χ0v) is 14.5. The van der Waals surface area contributed by atoms with E-state index < -0.39 is 0 Å². The number of hydrogen-bond donors (Lipinski definition) is 0. The third kappa shape index (κ3) is 3.90. The van der Waals surface area contributed by atoms with Gasteiger partial charge in [-0.1, -0.05) is 62.2 Å². The van der Waals surface area contributed by atoms with Crippen molar-refractivity contribution in [1.29, 1.82) is 0 Å². The van der Waals surface area contributed by atoms with E-state index in [9.17, 15) is 9.59 Å². The number of rotatable bonds is 5. The highest BCUT2D eigenvalue weighted by atomic mass is 16.6. The third-order valence-corrected chi connectivity index (χ3v) is 4.54. The van der Waals surface area contributed by atoms with E-state index in [1.165, 1.54) is 0 Å². The fourth-order valence-electron chi connectivity index (χ4n) is 3.24. The minimum Gasteiger partial charge on any atom is -0.444 e. The Bertz CT molecular complexity index is 742. The second-order valence-corrected chi connectivity index (χ2v) is 6.35. The number of ether oxygens (including phenoxy) is 1.